The van der Waals surface area contributed by atoms with Gasteiger partial charge in [0, 0.05) is 16.4 Å². The van der Waals surface area contributed by atoms with Crippen LogP contribution in [0.3, 0.4) is 0 Å². The van der Waals surface area contributed by atoms with Crippen LogP contribution < -0.4 is 0 Å². The van der Waals surface area contributed by atoms with Crippen LogP contribution in [0.1, 0.15) is 24.2 Å². The zero-order valence-electron chi connectivity index (χ0n) is 7.33. The molecule has 0 amide bonds. The standard InChI is InChI=1S/C10H12OS/c1-4-10(2,3)9(11)8-5-6-12-7-8/h4-7H,1H2,2-3H3. The van der Waals surface area contributed by atoms with E-state index in [0.717, 1.165) is 5.56 Å². The molecule has 0 atom stereocenters. The first-order valence-corrected chi connectivity index (χ1v) is 4.73. The summed E-state index contributed by atoms with van der Waals surface area (Å²) in [6, 6.07) is 1.85. The predicted octanol–water partition coefficient (Wildman–Crippen LogP) is 3.14. The molecule has 0 aromatic carbocycles. The van der Waals surface area contributed by atoms with Crippen LogP contribution >= 0.6 is 11.3 Å². The summed E-state index contributed by atoms with van der Waals surface area (Å²) in [5, 5.41) is 3.78. The normalized spacial score (nSPS) is 11.2. The fourth-order valence-corrected chi connectivity index (χ4v) is 1.49. The first-order chi connectivity index (χ1) is 5.58. The van der Waals surface area contributed by atoms with E-state index in [4.69, 9.17) is 0 Å². The maximum absolute atomic E-state index is 11.7. The lowest BCUT2D eigenvalue weighted by Gasteiger charge is -2.16. The fourth-order valence-electron chi connectivity index (χ4n) is 0.858. The summed E-state index contributed by atoms with van der Waals surface area (Å²) < 4.78 is 0. The van der Waals surface area contributed by atoms with Crippen molar-refractivity contribution in [2.45, 2.75) is 13.8 Å². The van der Waals surface area contributed by atoms with Crippen molar-refractivity contribution in [3.05, 3.63) is 35.0 Å². The molecule has 0 bridgehead atoms. The zero-order chi connectivity index (χ0) is 9.19. The van der Waals surface area contributed by atoms with Gasteiger partial charge in [-0.2, -0.15) is 11.3 Å². The highest BCUT2D eigenvalue weighted by Gasteiger charge is 2.24. The van der Waals surface area contributed by atoms with Gasteiger partial charge in [-0.15, -0.1) is 6.58 Å². The molecular formula is C10H12OS. The number of hydrogen-bond donors (Lipinski definition) is 0. The van der Waals surface area contributed by atoms with E-state index in [1.54, 1.807) is 6.08 Å². The molecule has 2 heteroatoms. The van der Waals surface area contributed by atoms with Gasteiger partial charge in [0.05, 0.1) is 0 Å². The Hall–Kier alpha value is -0.890. The van der Waals surface area contributed by atoms with Gasteiger partial charge < -0.3 is 0 Å². The van der Waals surface area contributed by atoms with Gasteiger partial charge in [-0.25, -0.2) is 0 Å². The molecule has 0 spiro atoms. The maximum atomic E-state index is 11.7. The molecule has 0 aliphatic rings. The summed E-state index contributed by atoms with van der Waals surface area (Å²) in [5.74, 6) is 0.138. The summed E-state index contributed by atoms with van der Waals surface area (Å²) >= 11 is 1.54. The molecule has 0 unspecified atom stereocenters. The van der Waals surface area contributed by atoms with Crippen molar-refractivity contribution >= 4 is 17.1 Å². The Morgan fingerprint density at radius 2 is 2.33 bits per heavy atom. The Bertz CT molecular complexity index is 283. The van der Waals surface area contributed by atoms with E-state index in [1.807, 2.05) is 30.7 Å². The quantitative estimate of drug-likeness (QED) is 0.516. The lowest BCUT2D eigenvalue weighted by atomic mass is 9.85. The molecule has 0 saturated carbocycles. The summed E-state index contributed by atoms with van der Waals surface area (Å²) in [6.07, 6.45) is 1.69. The smallest absolute Gasteiger partial charge is 0.173 e. The molecule has 0 aliphatic heterocycles. The number of hydrogen-bond acceptors (Lipinski definition) is 2. The molecule has 1 rings (SSSR count). The van der Waals surface area contributed by atoms with Gasteiger partial charge in [-0.3, -0.25) is 4.79 Å². The van der Waals surface area contributed by atoms with E-state index in [-0.39, 0.29) is 5.78 Å². The number of rotatable bonds is 3. The van der Waals surface area contributed by atoms with Crippen LogP contribution in [0, 0.1) is 5.41 Å². The molecule has 1 aromatic rings. The van der Waals surface area contributed by atoms with Gasteiger partial charge in [0.1, 0.15) is 0 Å². The van der Waals surface area contributed by atoms with Crippen LogP contribution in [0.2, 0.25) is 0 Å². The zero-order valence-corrected chi connectivity index (χ0v) is 8.15. The summed E-state index contributed by atoms with van der Waals surface area (Å²) in [7, 11) is 0. The van der Waals surface area contributed by atoms with Gasteiger partial charge >= 0.3 is 0 Å². The molecular weight excluding hydrogens is 168 g/mol. The average Bonchev–Trinajstić information content (AvgIpc) is 2.55. The number of Topliss-reactive ketones (excluding diaryl/α,β-unsaturated/α-hetero) is 1. The first kappa shape index (κ1) is 9.20. The van der Waals surface area contributed by atoms with Crippen LogP contribution in [0.15, 0.2) is 29.5 Å². The lowest BCUT2D eigenvalue weighted by Crippen LogP contribution is -2.20. The third kappa shape index (κ3) is 1.64. The van der Waals surface area contributed by atoms with Crippen LogP contribution in [0.5, 0.6) is 0 Å². The average molecular weight is 180 g/mol. The van der Waals surface area contributed by atoms with E-state index in [9.17, 15) is 4.79 Å². The van der Waals surface area contributed by atoms with E-state index in [0.29, 0.717) is 0 Å². The van der Waals surface area contributed by atoms with Crippen LogP contribution in [0.4, 0.5) is 0 Å². The van der Waals surface area contributed by atoms with E-state index in [2.05, 4.69) is 6.58 Å². The van der Waals surface area contributed by atoms with E-state index >= 15 is 0 Å². The van der Waals surface area contributed by atoms with Crippen molar-refractivity contribution in [1.29, 1.82) is 0 Å². The number of carbonyl (C=O) groups excluding carboxylic acids is 1. The Balaban J connectivity index is 2.93. The monoisotopic (exact) mass is 180 g/mol. The van der Waals surface area contributed by atoms with Crippen LogP contribution in [0.25, 0.3) is 0 Å². The second kappa shape index (κ2) is 3.23. The summed E-state index contributed by atoms with van der Waals surface area (Å²) in [5.41, 5.74) is 0.339. The van der Waals surface area contributed by atoms with E-state index < -0.39 is 5.41 Å². The SMILES string of the molecule is C=CC(C)(C)C(=O)c1ccsc1. The van der Waals surface area contributed by atoms with Crippen molar-refractivity contribution in [1.82, 2.24) is 0 Å². The van der Waals surface area contributed by atoms with Crippen molar-refractivity contribution in [3.63, 3.8) is 0 Å². The van der Waals surface area contributed by atoms with Gasteiger partial charge in [0.2, 0.25) is 0 Å². The maximum Gasteiger partial charge on any atom is 0.173 e. The van der Waals surface area contributed by atoms with Gasteiger partial charge in [-0.1, -0.05) is 6.08 Å². The van der Waals surface area contributed by atoms with Gasteiger partial charge in [0.15, 0.2) is 5.78 Å². The number of allylic oxidation sites excluding steroid dienone is 1. The van der Waals surface area contributed by atoms with Gasteiger partial charge in [-0.05, 0) is 25.3 Å². The molecule has 0 aliphatic carbocycles. The van der Waals surface area contributed by atoms with Crippen LogP contribution in [-0.2, 0) is 0 Å². The summed E-state index contributed by atoms with van der Waals surface area (Å²) in [6.45, 7) is 7.40. The fraction of sp³-hybridized carbons (Fsp3) is 0.300. The third-order valence-electron chi connectivity index (χ3n) is 1.88. The number of ketones is 1. The summed E-state index contributed by atoms with van der Waals surface area (Å²) in [4.78, 5) is 11.7. The number of thiophene rings is 1. The minimum absolute atomic E-state index is 0.138. The molecule has 12 heavy (non-hydrogen) atoms. The van der Waals surface area contributed by atoms with Crippen LogP contribution in [-0.4, -0.2) is 5.78 Å². The predicted molar refractivity (Wildman–Crippen MR) is 52.6 cm³/mol. The Labute approximate surface area is 76.7 Å². The van der Waals surface area contributed by atoms with Gasteiger partial charge in [0.25, 0.3) is 0 Å². The van der Waals surface area contributed by atoms with Crippen molar-refractivity contribution in [3.8, 4) is 0 Å². The highest BCUT2D eigenvalue weighted by molar-refractivity contribution is 7.08. The second-order valence-electron chi connectivity index (χ2n) is 3.27. The highest BCUT2D eigenvalue weighted by Crippen LogP contribution is 2.23. The number of carbonyl (C=O) groups is 1. The molecule has 1 heterocycles. The van der Waals surface area contributed by atoms with Crippen molar-refractivity contribution < 1.29 is 4.79 Å². The first-order valence-electron chi connectivity index (χ1n) is 3.78. The largest absolute Gasteiger partial charge is 0.293 e. The molecule has 64 valence electrons. The van der Waals surface area contributed by atoms with E-state index in [1.165, 1.54) is 11.3 Å². The molecule has 1 nitrogen and oxygen atoms in total. The molecule has 0 N–H and O–H groups in total. The van der Waals surface area contributed by atoms with Crippen molar-refractivity contribution in [2.75, 3.05) is 0 Å². The molecule has 1 aromatic heterocycles. The molecule has 0 saturated heterocycles. The Morgan fingerprint density at radius 3 is 2.75 bits per heavy atom. The lowest BCUT2D eigenvalue weighted by molar-refractivity contribution is 0.0886. The minimum atomic E-state index is -0.443. The highest BCUT2D eigenvalue weighted by atomic mass is 32.1. The Kier molecular flexibility index (Phi) is 2.48. The minimum Gasteiger partial charge on any atom is -0.293 e. The third-order valence-corrected chi connectivity index (χ3v) is 2.56. The second-order valence-corrected chi connectivity index (χ2v) is 4.05. The van der Waals surface area contributed by atoms with Crippen molar-refractivity contribution in [2.24, 2.45) is 5.41 Å². The molecule has 0 fully saturated rings. The molecule has 0 radical (unpaired) electrons. The Morgan fingerprint density at radius 1 is 1.67 bits per heavy atom. The topological polar surface area (TPSA) is 17.1 Å².